The highest BCUT2D eigenvalue weighted by Crippen LogP contribution is 2.25. The number of carboxylic acids is 1. The molecule has 3 N–H and O–H groups in total. The molecule has 2 aromatic carbocycles. The molecule has 0 radical (unpaired) electrons. The van der Waals surface area contributed by atoms with Crippen molar-refractivity contribution in [1.29, 1.82) is 0 Å². The molecular formula is C21H24N2O3S. The first kappa shape index (κ1) is 19.5. The van der Waals surface area contributed by atoms with Gasteiger partial charge in [-0.25, -0.2) is 4.79 Å². The summed E-state index contributed by atoms with van der Waals surface area (Å²) in [5.74, 6) is -0.529. The van der Waals surface area contributed by atoms with E-state index in [1.165, 1.54) is 48.7 Å². The van der Waals surface area contributed by atoms with Crippen LogP contribution in [0.4, 0.5) is 5.69 Å². The van der Waals surface area contributed by atoms with Crippen LogP contribution in [0.3, 0.4) is 0 Å². The van der Waals surface area contributed by atoms with Gasteiger partial charge in [0.05, 0.1) is 17.9 Å². The van der Waals surface area contributed by atoms with Crippen molar-refractivity contribution in [3.05, 3.63) is 59.7 Å². The SMILES string of the molecule is O=C(CNc1cccc(C(=O)O)c1)CSc1ccc(C2CCCCN2)cc1. The summed E-state index contributed by atoms with van der Waals surface area (Å²) in [5.41, 5.74) is 2.15. The monoisotopic (exact) mass is 384 g/mol. The maximum absolute atomic E-state index is 12.1. The number of Topliss-reactive ketones (excluding diaryl/α,β-unsaturated/α-hetero) is 1. The lowest BCUT2D eigenvalue weighted by atomic mass is 9.98. The molecule has 6 heteroatoms. The number of hydrogen-bond donors (Lipinski definition) is 3. The molecule has 1 unspecified atom stereocenters. The third-order valence-corrected chi connectivity index (χ3v) is 5.66. The molecule has 1 aliphatic rings. The van der Waals surface area contributed by atoms with Crippen LogP contribution in [0, 0.1) is 0 Å². The van der Waals surface area contributed by atoms with Gasteiger partial charge in [0, 0.05) is 16.6 Å². The predicted octanol–water partition coefficient (Wildman–Crippen LogP) is 3.97. The summed E-state index contributed by atoms with van der Waals surface area (Å²) in [5, 5.41) is 15.5. The molecule has 2 aromatic rings. The Morgan fingerprint density at radius 3 is 2.67 bits per heavy atom. The Morgan fingerprint density at radius 2 is 1.96 bits per heavy atom. The molecule has 1 heterocycles. The van der Waals surface area contributed by atoms with Crippen LogP contribution in [0.5, 0.6) is 0 Å². The zero-order valence-electron chi connectivity index (χ0n) is 15.1. The molecule has 1 atom stereocenters. The summed E-state index contributed by atoms with van der Waals surface area (Å²) in [6, 6.07) is 15.4. The van der Waals surface area contributed by atoms with E-state index in [9.17, 15) is 9.59 Å². The molecule has 0 aromatic heterocycles. The van der Waals surface area contributed by atoms with E-state index in [-0.39, 0.29) is 17.9 Å². The van der Waals surface area contributed by atoms with Gasteiger partial charge in [0.1, 0.15) is 0 Å². The number of carbonyl (C=O) groups is 2. The first-order valence-electron chi connectivity index (χ1n) is 9.17. The van der Waals surface area contributed by atoms with Crippen LogP contribution >= 0.6 is 11.8 Å². The van der Waals surface area contributed by atoms with Crippen molar-refractivity contribution in [2.45, 2.75) is 30.2 Å². The third kappa shape index (κ3) is 5.84. The van der Waals surface area contributed by atoms with Crippen LogP contribution in [0.25, 0.3) is 0 Å². The third-order valence-electron chi connectivity index (χ3n) is 4.59. The van der Waals surface area contributed by atoms with Crippen LogP contribution in [0.2, 0.25) is 0 Å². The highest BCUT2D eigenvalue weighted by Gasteiger charge is 2.14. The lowest BCUT2D eigenvalue weighted by molar-refractivity contribution is -0.115. The fraction of sp³-hybridized carbons (Fsp3) is 0.333. The average Bonchev–Trinajstić information content (AvgIpc) is 2.72. The highest BCUT2D eigenvalue weighted by molar-refractivity contribution is 8.00. The molecule has 0 spiro atoms. The van der Waals surface area contributed by atoms with E-state index >= 15 is 0 Å². The number of carboxylic acid groups (broad SMARTS) is 1. The standard InChI is InChI=1S/C21H24N2O3S/c24-18(13-23-17-5-3-4-16(12-17)21(25)26)14-27-19-9-7-15(8-10-19)20-6-1-2-11-22-20/h3-5,7-10,12,20,22-23H,1-2,6,11,13-14H2,(H,25,26). The lowest BCUT2D eigenvalue weighted by Gasteiger charge is -2.23. The number of ketones is 1. The van der Waals surface area contributed by atoms with Crippen molar-refractivity contribution in [1.82, 2.24) is 5.32 Å². The molecule has 1 aliphatic heterocycles. The van der Waals surface area contributed by atoms with Gasteiger partial charge in [-0.3, -0.25) is 4.79 Å². The maximum atomic E-state index is 12.1. The van der Waals surface area contributed by atoms with Crippen LogP contribution in [0.1, 0.15) is 41.2 Å². The van der Waals surface area contributed by atoms with E-state index in [0.717, 1.165) is 11.4 Å². The maximum Gasteiger partial charge on any atom is 0.335 e. The topological polar surface area (TPSA) is 78.4 Å². The minimum atomic E-state index is -0.979. The van der Waals surface area contributed by atoms with Gasteiger partial charge in [-0.05, 0) is 55.3 Å². The Labute approximate surface area is 163 Å². The molecule has 0 amide bonds. The summed E-state index contributed by atoms with van der Waals surface area (Å²) >= 11 is 1.52. The van der Waals surface area contributed by atoms with E-state index in [1.54, 1.807) is 12.1 Å². The van der Waals surface area contributed by atoms with E-state index in [0.29, 0.717) is 17.5 Å². The molecular weight excluding hydrogens is 360 g/mol. The number of nitrogens with one attached hydrogen (secondary N) is 2. The first-order valence-corrected chi connectivity index (χ1v) is 10.2. The summed E-state index contributed by atoms with van der Waals surface area (Å²) in [6.07, 6.45) is 3.70. The van der Waals surface area contributed by atoms with Gasteiger partial charge in [0.2, 0.25) is 0 Å². The molecule has 0 aliphatic carbocycles. The Kier molecular flexibility index (Phi) is 6.90. The average molecular weight is 385 g/mol. The number of piperidine rings is 1. The molecule has 5 nitrogen and oxygen atoms in total. The number of hydrogen-bond acceptors (Lipinski definition) is 5. The summed E-state index contributed by atoms with van der Waals surface area (Å²) in [6.45, 7) is 1.26. The van der Waals surface area contributed by atoms with Gasteiger partial charge < -0.3 is 15.7 Å². The van der Waals surface area contributed by atoms with Crippen molar-refractivity contribution < 1.29 is 14.7 Å². The van der Waals surface area contributed by atoms with Crippen LogP contribution in [-0.2, 0) is 4.79 Å². The molecule has 1 fully saturated rings. The number of thioether (sulfide) groups is 1. The molecule has 1 saturated heterocycles. The zero-order valence-corrected chi connectivity index (χ0v) is 15.9. The van der Waals surface area contributed by atoms with Crippen molar-refractivity contribution in [3.8, 4) is 0 Å². The second-order valence-electron chi connectivity index (χ2n) is 6.64. The smallest absolute Gasteiger partial charge is 0.335 e. The van der Waals surface area contributed by atoms with Crippen molar-refractivity contribution in [2.75, 3.05) is 24.2 Å². The van der Waals surface area contributed by atoms with Gasteiger partial charge in [-0.2, -0.15) is 0 Å². The Morgan fingerprint density at radius 1 is 1.15 bits per heavy atom. The van der Waals surface area contributed by atoms with E-state index in [1.807, 2.05) is 0 Å². The van der Waals surface area contributed by atoms with Gasteiger partial charge in [0.25, 0.3) is 0 Å². The van der Waals surface area contributed by atoms with Crippen LogP contribution in [-0.4, -0.2) is 35.7 Å². The Balaban J connectivity index is 1.45. The largest absolute Gasteiger partial charge is 0.478 e. The van der Waals surface area contributed by atoms with Gasteiger partial charge in [-0.15, -0.1) is 11.8 Å². The fourth-order valence-corrected chi connectivity index (χ4v) is 3.87. The van der Waals surface area contributed by atoms with Crippen molar-refractivity contribution >= 4 is 29.2 Å². The minimum absolute atomic E-state index is 0.0683. The van der Waals surface area contributed by atoms with Crippen molar-refractivity contribution in [2.24, 2.45) is 0 Å². The summed E-state index contributed by atoms with van der Waals surface area (Å²) in [4.78, 5) is 24.2. The number of carbonyl (C=O) groups excluding carboxylic acids is 1. The van der Waals surface area contributed by atoms with Gasteiger partial charge in [0.15, 0.2) is 5.78 Å². The molecule has 0 saturated carbocycles. The Hall–Kier alpha value is -2.31. The summed E-state index contributed by atoms with van der Waals surface area (Å²) in [7, 11) is 0. The van der Waals surface area contributed by atoms with E-state index in [2.05, 4.69) is 34.9 Å². The quantitative estimate of drug-likeness (QED) is 0.598. The molecule has 0 bridgehead atoms. The predicted molar refractivity (Wildman–Crippen MR) is 109 cm³/mol. The van der Waals surface area contributed by atoms with Crippen molar-refractivity contribution in [3.63, 3.8) is 0 Å². The van der Waals surface area contributed by atoms with Gasteiger partial charge in [-0.1, -0.05) is 24.6 Å². The van der Waals surface area contributed by atoms with E-state index in [4.69, 9.17) is 5.11 Å². The van der Waals surface area contributed by atoms with Crippen LogP contribution in [0.15, 0.2) is 53.4 Å². The lowest BCUT2D eigenvalue weighted by Crippen LogP contribution is -2.26. The molecule has 3 rings (SSSR count). The zero-order chi connectivity index (χ0) is 19.1. The molecule has 27 heavy (non-hydrogen) atoms. The highest BCUT2D eigenvalue weighted by atomic mass is 32.2. The summed E-state index contributed by atoms with van der Waals surface area (Å²) < 4.78 is 0. The second-order valence-corrected chi connectivity index (χ2v) is 7.69. The van der Waals surface area contributed by atoms with Crippen LogP contribution < -0.4 is 10.6 Å². The second kappa shape index (κ2) is 9.58. The fourth-order valence-electron chi connectivity index (χ4n) is 3.11. The molecule has 142 valence electrons. The number of aromatic carboxylic acids is 1. The number of rotatable bonds is 8. The number of benzene rings is 2. The number of anilines is 1. The minimum Gasteiger partial charge on any atom is -0.478 e. The first-order chi connectivity index (χ1) is 13.1. The van der Waals surface area contributed by atoms with E-state index < -0.39 is 5.97 Å². The normalized spacial score (nSPS) is 16.7. The van der Waals surface area contributed by atoms with Gasteiger partial charge >= 0.3 is 5.97 Å². The Bertz CT molecular complexity index is 786.